The molecule has 0 aliphatic carbocycles. The van der Waals surface area contributed by atoms with Gasteiger partial charge in [-0.05, 0) is 25.1 Å². The molecule has 0 radical (unpaired) electrons. The van der Waals surface area contributed by atoms with Crippen LogP contribution in [0.25, 0.3) is 21.9 Å². The summed E-state index contributed by atoms with van der Waals surface area (Å²) < 4.78 is 8.56. The quantitative estimate of drug-likeness (QED) is 0.383. The highest BCUT2D eigenvalue weighted by Crippen LogP contribution is 2.38. The lowest BCUT2D eigenvalue weighted by Crippen LogP contribution is -2.08. The van der Waals surface area contributed by atoms with Gasteiger partial charge in [0.05, 0.1) is 17.6 Å². The second kappa shape index (κ2) is 8.19. The van der Waals surface area contributed by atoms with Crippen LogP contribution in [0.4, 0.5) is 5.69 Å². The van der Waals surface area contributed by atoms with Crippen molar-refractivity contribution in [2.45, 2.75) is 20.0 Å². The zero-order valence-electron chi connectivity index (χ0n) is 15.9. The average Bonchev–Trinajstić information content (AvgIpc) is 3.26. The fourth-order valence-corrected chi connectivity index (χ4v) is 3.20. The van der Waals surface area contributed by atoms with Gasteiger partial charge in [0.15, 0.2) is 5.69 Å². The second-order valence-electron chi connectivity index (χ2n) is 6.37. The second-order valence-corrected chi connectivity index (χ2v) is 6.37. The molecular weight excluding hydrogens is 372 g/mol. The largest absolute Gasteiger partial charge is 0.493 e. The summed E-state index contributed by atoms with van der Waals surface area (Å²) in [6.45, 7) is 3.34. The first-order valence-corrected chi connectivity index (χ1v) is 9.29. The molecule has 4 aromatic rings. The van der Waals surface area contributed by atoms with E-state index in [1.807, 2.05) is 55.5 Å². The van der Waals surface area contributed by atoms with Crippen LogP contribution in [0, 0.1) is 0 Å². The SMILES string of the molecule is CCOCCn1c(O)c(N=NC(=O)Cn2nnc3ccccc32)c2ccccc21. The minimum atomic E-state index is -0.494. The molecule has 0 saturated carbocycles. The smallest absolute Gasteiger partial charge is 0.286 e. The Kier molecular flexibility index (Phi) is 5.30. The van der Waals surface area contributed by atoms with Crippen molar-refractivity contribution in [3.63, 3.8) is 0 Å². The molecule has 2 aromatic carbocycles. The summed E-state index contributed by atoms with van der Waals surface area (Å²) in [4.78, 5) is 12.3. The number of azo groups is 1. The van der Waals surface area contributed by atoms with Crippen molar-refractivity contribution in [3.05, 3.63) is 48.5 Å². The van der Waals surface area contributed by atoms with Gasteiger partial charge in [0.2, 0.25) is 5.88 Å². The van der Waals surface area contributed by atoms with Crippen LogP contribution < -0.4 is 0 Å². The van der Waals surface area contributed by atoms with Crippen molar-refractivity contribution >= 4 is 33.5 Å². The number of para-hydroxylation sites is 2. The van der Waals surface area contributed by atoms with Crippen molar-refractivity contribution in [1.29, 1.82) is 0 Å². The molecule has 9 nitrogen and oxygen atoms in total. The van der Waals surface area contributed by atoms with Crippen LogP contribution in [0.15, 0.2) is 58.8 Å². The molecule has 1 amide bonds. The van der Waals surface area contributed by atoms with E-state index in [2.05, 4.69) is 20.5 Å². The Morgan fingerprint density at radius 3 is 2.72 bits per heavy atom. The Hall–Kier alpha value is -3.59. The maximum Gasteiger partial charge on any atom is 0.286 e. The molecule has 9 heteroatoms. The molecule has 0 unspecified atom stereocenters. The minimum Gasteiger partial charge on any atom is -0.493 e. The van der Waals surface area contributed by atoms with Crippen LogP contribution in [0.1, 0.15) is 6.92 Å². The van der Waals surface area contributed by atoms with E-state index in [4.69, 9.17) is 4.74 Å². The van der Waals surface area contributed by atoms with Crippen LogP contribution in [0.5, 0.6) is 5.88 Å². The van der Waals surface area contributed by atoms with E-state index in [0.717, 1.165) is 11.0 Å². The predicted octanol–water partition coefficient (Wildman–Crippen LogP) is 3.44. The highest BCUT2D eigenvalue weighted by atomic mass is 16.5. The van der Waals surface area contributed by atoms with Crippen LogP contribution in [-0.4, -0.2) is 43.8 Å². The van der Waals surface area contributed by atoms with Gasteiger partial charge in [-0.1, -0.05) is 35.5 Å². The first-order chi connectivity index (χ1) is 14.2. The standard InChI is InChI=1S/C20H20N6O3/c1-2-29-12-11-25-16-9-5-3-7-14(16)19(20(25)28)23-22-18(27)13-26-17-10-6-4-8-15(17)21-24-26/h3-10,28H,2,11-13H2,1H3. The van der Waals surface area contributed by atoms with Gasteiger partial charge < -0.3 is 14.4 Å². The van der Waals surface area contributed by atoms with E-state index >= 15 is 0 Å². The lowest BCUT2D eigenvalue weighted by atomic mass is 10.2. The summed E-state index contributed by atoms with van der Waals surface area (Å²) >= 11 is 0. The van der Waals surface area contributed by atoms with Crippen LogP contribution in [0.3, 0.4) is 0 Å². The number of rotatable bonds is 7. The number of hydrogen-bond acceptors (Lipinski definition) is 6. The van der Waals surface area contributed by atoms with Gasteiger partial charge >= 0.3 is 0 Å². The molecule has 0 aliphatic heterocycles. The fourth-order valence-electron chi connectivity index (χ4n) is 3.20. The van der Waals surface area contributed by atoms with Crippen molar-refractivity contribution in [3.8, 4) is 5.88 Å². The maximum atomic E-state index is 12.3. The van der Waals surface area contributed by atoms with E-state index in [1.165, 1.54) is 4.68 Å². The van der Waals surface area contributed by atoms with Gasteiger partial charge in [0, 0.05) is 18.5 Å². The predicted molar refractivity (Wildman–Crippen MR) is 107 cm³/mol. The van der Waals surface area contributed by atoms with Gasteiger partial charge in [0.1, 0.15) is 12.1 Å². The average molecular weight is 392 g/mol. The number of aromatic hydroxyl groups is 1. The zero-order chi connectivity index (χ0) is 20.2. The number of amides is 1. The summed E-state index contributed by atoms with van der Waals surface area (Å²) in [6, 6.07) is 14.8. The lowest BCUT2D eigenvalue weighted by Gasteiger charge is -2.06. The topological polar surface area (TPSA) is 107 Å². The Bertz CT molecular complexity index is 1190. The van der Waals surface area contributed by atoms with E-state index in [9.17, 15) is 9.90 Å². The number of nitrogens with zero attached hydrogens (tertiary/aromatic N) is 6. The molecule has 0 spiro atoms. The number of aromatic nitrogens is 4. The number of benzene rings is 2. The Labute approximate surface area is 166 Å². The van der Waals surface area contributed by atoms with Crippen molar-refractivity contribution in [2.75, 3.05) is 13.2 Å². The van der Waals surface area contributed by atoms with Gasteiger partial charge in [-0.3, -0.25) is 4.79 Å². The molecule has 2 aromatic heterocycles. The molecule has 0 bridgehead atoms. The summed E-state index contributed by atoms with van der Waals surface area (Å²) in [6.07, 6.45) is 0. The third-order valence-electron chi connectivity index (χ3n) is 4.55. The van der Waals surface area contributed by atoms with Crippen LogP contribution >= 0.6 is 0 Å². The molecule has 0 fully saturated rings. The monoisotopic (exact) mass is 392 g/mol. The maximum absolute atomic E-state index is 12.3. The Morgan fingerprint density at radius 2 is 1.90 bits per heavy atom. The Morgan fingerprint density at radius 1 is 1.14 bits per heavy atom. The lowest BCUT2D eigenvalue weighted by molar-refractivity contribution is -0.119. The van der Waals surface area contributed by atoms with Gasteiger partial charge in [-0.2, -0.15) is 0 Å². The summed E-state index contributed by atoms with van der Waals surface area (Å²) in [5, 5.41) is 27.2. The van der Waals surface area contributed by atoms with Crippen LogP contribution in [0.2, 0.25) is 0 Å². The molecular formula is C20H20N6O3. The van der Waals surface area contributed by atoms with E-state index in [-0.39, 0.29) is 18.1 Å². The van der Waals surface area contributed by atoms with Crippen LogP contribution in [-0.2, 0) is 22.6 Å². The number of hydrogen-bond donors (Lipinski definition) is 1. The van der Waals surface area contributed by atoms with Gasteiger partial charge in [-0.25, -0.2) is 4.68 Å². The van der Waals surface area contributed by atoms with Crippen molar-refractivity contribution < 1.29 is 14.6 Å². The number of carbonyl (C=O) groups is 1. The third kappa shape index (κ3) is 3.72. The Balaban J connectivity index is 1.59. The number of ether oxygens (including phenoxy) is 1. The van der Waals surface area contributed by atoms with E-state index < -0.39 is 5.91 Å². The number of carbonyl (C=O) groups excluding carboxylic acids is 1. The molecule has 0 atom stereocenters. The zero-order valence-corrected chi connectivity index (χ0v) is 15.9. The van der Waals surface area contributed by atoms with Gasteiger partial charge in [-0.15, -0.1) is 15.3 Å². The molecule has 148 valence electrons. The number of fused-ring (bicyclic) bond motifs is 2. The van der Waals surface area contributed by atoms with E-state index in [1.54, 1.807) is 4.57 Å². The first kappa shape index (κ1) is 18.8. The molecule has 0 aliphatic rings. The van der Waals surface area contributed by atoms with E-state index in [0.29, 0.717) is 30.7 Å². The molecule has 29 heavy (non-hydrogen) atoms. The normalized spacial score (nSPS) is 11.8. The summed E-state index contributed by atoms with van der Waals surface area (Å²) in [7, 11) is 0. The highest BCUT2D eigenvalue weighted by molar-refractivity contribution is 5.95. The van der Waals surface area contributed by atoms with Crippen molar-refractivity contribution in [1.82, 2.24) is 19.6 Å². The molecule has 2 heterocycles. The molecule has 1 N–H and O–H groups in total. The third-order valence-corrected chi connectivity index (χ3v) is 4.55. The summed E-state index contributed by atoms with van der Waals surface area (Å²) in [5.74, 6) is -0.542. The van der Waals surface area contributed by atoms with Gasteiger partial charge in [0.25, 0.3) is 5.91 Å². The molecule has 4 rings (SSSR count). The highest BCUT2D eigenvalue weighted by Gasteiger charge is 2.17. The fraction of sp³-hybridized carbons (Fsp3) is 0.250. The summed E-state index contributed by atoms with van der Waals surface area (Å²) in [5.41, 5.74) is 2.50. The minimum absolute atomic E-state index is 0.0475. The first-order valence-electron chi connectivity index (χ1n) is 9.29. The molecule has 0 saturated heterocycles. The van der Waals surface area contributed by atoms with Crippen molar-refractivity contribution in [2.24, 2.45) is 10.2 Å².